The van der Waals surface area contributed by atoms with Gasteiger partial charge in [-0.15, -0.1) is 0 Å². The molecule has 0 spiro atoms. The average molecular weight is 546 g/mol. The number of aryl methyl sites for hydroxylation is 1. The van der Waals surface area contributed by atoms with Crippen molar-refractivity contribution in [3.63, 3.8) is 0 Å². The van der Waals surface area contributed by atoms with E-state index in [4.69, 9.17) is 14.6 Å². The molecule has 0 amide bonds. The first-order valence-electron chi connectivity index (χ1n) is 12.0. The molecule has 1 aliphatic heterocycles. The van der Waals surface area contributed by atoms with Gasteiger partial charge < -0.3 is 14.6 Å². The largest absolute Gasteiger partial charge is 0.481 e. The molecule has 3 N–H and O–H groups in total. The molecule has 0 bridgehead atoms. The molecule has 0 aliphatic carbocycles. The van der Waals surface area contributed by atoms with Crippen molar-refractivity contribution < 1.29 is 36.6 Å². The Kier molecular flexibility index (Phi) is 7.75. The number of alkyl halides is 2. The highest BCUT2D eigenvalue weighted by Gasteiger charge is 2.31. The Morgan fingerprint density at radius 1 is 1.11 bits per heavy atom. The molecular formula is C28H29F2NO6S. The molecule has 10 heteroatoms. The molecular weight excluding hydrogens is 516 g/mol. The van der Waals surface area contributed by atoms with Crippen LogP contribution in [0.4, 0.5) is 8.78 Å². The molecule has 1 atom stereocenters. The summed E-state index contributed by atoms with van der Waals surface area (Å²) in [5, 5.41) is 14.6. The predicted octanol–water partition coefficient (Wildman–Crippen LogP) is 5.66. The van der Waals surface area contributed by atoms with Crippen LogP contribution in [0.15, 0.2) is 60.7 Å². The van der Waals surface area contributed by atoms with Crippen molar-refractivity contribution in [1.82, 2.24) is 0 Å². The molecule has 1 aliphatic rings. The lowest BCUT2D eigenvalue weighted by molar-refractivity contribution is -0.147. The minimum absolute atomic E-state index is 0.0453. The van der Waals surface area contributed by atoms with Gasteiger partial charge in [0.25, 0.3) is 0 Å². The lowest BCUT2D eigenvalue weighted by Crippen LogP contribution is -2.23. The Morgan fingerprint density at radius 3 is 2.42 bits per heavy atom. The first-order valence-corrected chi connectivity index (χ1v) is 13.8. The number of fused-ring (bicyclic) bond motifs is 3. The second-order valence-corrected chi connectivity index (χ2v) is 11.6. The number of carbonyl (C=O) groups is 1. The van der Waals surface area contributed by atoms with Gasteiger partial charge in [0.15, 0.2) is 0 Å². The van der Waals surface area contributed by atoms with Crippen molar-refractivity contribution in [2.24, 2.45) is 10.6 Å². The quantitative estimate of drug-likeness (QED) is 0.340. The highest BCUT2D eigenvalue weighted by atomic mass is 32.2. The second kappa shape index (κ2) is 10.7. The fraction of sp³-hybridized carbons (Fsp3) is 0.321. The maximum absolute atomic E-state index is 13.1. The Balaban J connectivity index is 1.68. The Bertz CT molecular complexity index is 1440. The lowest BCUT2D eigenvalue weighted by Gasteiger charge is -2.31. The van der Waals surface area contributed by atoms with E-state index in [-0.39, 0.29) is 11.5 Å². The number of rotatable bonds is 10. The van der Waals surface area contributed by atoms with Crippen molar-refractivity contribution in [1.29, 1.82) is 0 Å². The van der Waals surface area contributed by atoms with E-state index in [9.17, 15) is 27.1 Å². The molecule has 7 nitrogen and oxygen atoms in total. The molecule has 4 rings (SSSR count). The minimum Gasteiger partial charge on any atom is -0.481 e. The lowest BCUT2D eigenvalue weighted by atomic mass is 9.86. The van der Waals surface area contributed by atoms with E-state index in [2.05, 4.69) is 0 Å². The molecule has 1 heterocycles. The predicted molar refractivity (Wildman–Crippen MR) is 139 cm³/mol. The third kappa shape index (κ3) is 6.31. The van der Waals surface area contributed by atoms with Crippen LogP contribution in [0, 0.1) is 5.41 Å². The second-order valence-electron chi connectivity index (χ2n) is 10.0. The monoisotopic (exact) mass is 545 g/mol. The van der Waals surface area contributed by atoms with E-state index in [1.54, 1.807) is 44.2 Å². The first kappa shape index (κ1) is 27.5. The SMILES string of the molecule is CC(C)(CCCc1ccc(C2Oc3cccc(OC(F)F)c3-c3ccc(CS(N)(=O)=O)cc32)cc1)C(=O)O. The number of aliphatic carboxylic acids is 1. The zero-order chi connectivity index (χ0) is 27.7. The standard InChI is InChI=1S/C28H29F2NO6S/c1-28(2,26(32)33)14-4-5-17-8-11-19(12-9-17)25-21-15-18(16-38(31,34)35)10-13-20(21)24-22(36-25)6-3-7-23(24)37-27(29)30/h3,6-13,15,25,27H,4-5,14,16H2,1-2H3,(H,32,33)(H2,31,34,35). The maximum atomic E-state index is 13.1. The molecule has 3 aromatic carbocycles. The van der Waals surface area contributed by atoms with Crippen LogP contribution in [-0.2, 0) is 27.0 Å². The number of ether oxygens (including phenoxy) is 2. The molecule has 0 radical (unpaired) electrons. The number of nitrogens with two attached hydrogens (primary N) is 1. The van der Waals surface area contributed by atoms with E-state index in [0.717, 1.165) is 11.1 Å². The van der Waals surface area contributed by atoms with Gasteiger partial charge >= 0.3 is 12.6 Å². The van der Waals surface area contributed by atoms with Gasteiger partial charge in [-0.25, -0.2) is 13.6 Å². The molecule has 3 aromatic rings. The summed E-state index contributed by atoms with van der Waals surface area (Å²) in [5.41, 5.74) is 2.99. The molecule has 38 heavy (non-hydrogen) atoms. The topological polar surface area (TPSA) is 116 Å². The molecule has 1 unspecified atom stereocenters. The number of primary sulfonamides is 1. The van der Waals surface area contributed by atoms with Crippen LogP contribution in [0.25, 0.3) is 11.1 Å². The summed E-state index contributed by atoms with van der Waals surface area (Å²) in [6.07, 6.45) is 1.31. The van der Waals surface area contributed by atoms with Crippen molar-refractivity contribution in [3.8, 4) is 22.6 Å². The summed E-state index contributed by atoms with van der Waals surface area (Å²) in [7, 11) is -3.80. The highest BCUT2D eigenvalue weighted by molar-refractivity contribution is 7.88. The maximum Gasteiger partial charge on any atom is 0.387 e. The Labute approximate surface area is 220 Å². The number of carboxylic acid groups (broad SMARTS) is 1. The molecule has 0 aromatic heterocycles. The van der Waals surface area contributed by atoms with Gasteiger partial charge in [0.05, 0.1) is 16.7 Å². The van der Waals surface area contributed by atoms with Gasteiger partial charge in [0.2, 0.25) is 10.0 Å². The Morgan fingerprint density at radius 2 is 1.79 bits per heavy atom. The third-order valence-corrected chi connectivity index (χ3v) is 7.35. The summed E-state index contributed by atoms with van der Waals surface area (Å²) < 4.78 is 60.7. The molecule has 0 saturated carbocycles. The van der Waals surface area contributed by atoms with Gasteiger partial charge in [0, 0.05) is 5.56 Å². The normalized spacial score (nSPS) is 14.9. The summed E-state index contributed by atoms with van der Waals surface area (Å²) >= 11 is 0. The highest BCUT2D eigenvalue weighted by Crippen LogP contribution is 2.49. The van der Waals surface area contributed by atoms with Crippen molar-refractivity contribution in [3.05, 3.63) is 82.9 Å². The van der Waals surface area contributed by atoms with Crippen LogP contribution in [0.5, 0.6) is 11.5 Å². The van der Waals surface area contributed by atoms with Crippen LogP contribution in [-0.4, -0.2) is 26.1 Å². The molecule has 0 fully saturated rings. The van der Waals surface area contributed by atoms with Gasteiger partial charge in [-0.3, -0.25) is 4.79 Å². The Hall–Kier alpha value is -3.50. The van der Waals surface area contributed by atoms with Crippen molar-refractivity contribution in [2.45, 2.75) is 51.6 Å². The van der Waals surface area contributed by atoms with Gasteiger partial charge in [-0.05, 0) is 67.5 Å². The zero-order valence-electron chi connectivity index (χ0n) is 21.0. The van der Waals surface area contributed by atoms with Crippen LogP contribution >= 0.6 is 0 Å². The number of hydrogen-bond acceptors (Lipinski definition) is 5. The number of halogens is 2. The fourth-order valence-corrected chi connectivity index (χ4v) is 5.23. The average Bonchev–Trinajstić information content (AvgIpc) is 2.82. The summed E-state index contributed by atoms with van der Waals surface area (Å²) in [4.78, 5) is 11.3. The zero-order valence-corrected chi connectivity index (χ0v) is 21.8. The van der Waals surface area contributed by atoms with E-state index in [1.807, 2.05) is 24.3 Å². The van der Waals surface area contributed by atoms with Crippen LogP contribution in [0.3, 0.4) is 0 Å². The van der Waals surface area contributed by atoms with E-state index in [0.29, 0.717) is 47.3 Å². The summed E-state index contributed by atoms with van der Waals surface area (Å²) in [5.74, 6) is -0.901. The van der Waals surface area contributed by atoms with E-state index >= 15 is 0 Å². The van der Waals surface area contributed by atoms with Crippen LogP contribution in [0.1, 0.15) is 55.0 Å². The fourth-order valence-electron chi connectivity index (χ4n) is 4.59. The van der Waals surface area contributed by atoms with E-state index < -0.39 is 34.1 Å². The van der Waals surface area contributed by atoms with Gasteiger partial charge in [0.1, 0.15) is 17.6 Å². The molecule has 0 saturated heterocycles. The van der Waals surface area contributed by atoms with Gasteiger partial charge in [-0.2, -0.15) is 8.78 Å². The minimum atomic E-state index is -3.80. The number of sulfonamides is 1. The number of hydrogen-bond donors (Lipinski definition) is 2. The summed E-state index contributed by atoms with van der Waals surface area (Å²) in [6, 6.07) is 17.2. The number of benzene rings is 3. The third-order valence-electron chi connectivity index (χ3n) is 6.61. The number of carboxylic acids is 1. The summed E-state index contributed by atoms with van der Waals surface area (Å²) in [6.45, 7) is 0.379. The smallest absolute Gasteiger partial charge is 0.387 e. The first-order chi connectivity index (χ1) is 17.8. The molecule has 202 valence electrons. The van der Waals surface area contributed by atoms with Crippen molar-refractivity contribution in [2.75, 3.05) is 0 Å². The van der Waals surface area contributed by atoms with Crippen LogP contribution < -0.4 is 14.6 Å². The van der Waals surface area contributed by atoms with E-state index in [1.165, 1.54) is 6.07 Å². The van der Waals surface area contributed by atoms with Crippen LogP contribution in [0.2, 0.25) is 0 Å². The van der Waals surface area contributed by atoms with Crippen molar-refractivity contribution >= 4 is 16.0 Å². The van der Waals surface area contributed by atoms with Gasteiger partial charge in [-0.1, -0.05) is 48.5 Å².